The fourth-order valence-electron chi connectivity index (χ4n) is 0.00900. The summed E-state index contributed by atoms with van der Waals surface area (Å²) in [5.74, 6) is 0. The van der Waals surface area contributed by atoms with Gasteiger partial charge < -0.3 is 0 Å². The first-order chi connectivity index (χ1) is 3.62. The fraction of sp³-hybridized carbons (Fsp3) is 0. The van der Waals surface area contributed by atoms with Gasteiger partial charge in [-0.2, -0.15) is 0 Å². The van der Waals surface area contributed by atoms with Crippen LogP contribution in [0.1, 0.15) is 0 Å². The Labute approximate surface area is 86.0 Å². The Morgan fingerprint density at radius 1 is 1.00 bits per heavy atom. The zero-order chi connectivity index (χ0) is 7.82. The van der Waals surface area contributed by atoms with Crippen LogP contribution in [0.25, 0.3) is 0 Å². The van der Waals surface area contributed by atoms with Gasteiger partial charge in [0.25, 0.3) is 0 Å². The first kappa shape index (κ1) is 14.3. The van der Waals surface area contributed by atoms with Gasteiger partial charge in [0.1, 0.15) is 0 Å². The minimum absolute atomic E-state index is 0. The second-order valence-electron chi connectivity index (χ2n) is 1.02. The third-order valence-electron chi connectivity index (χ3n) is 0.231. The third-order valence-corrected chi connectivity index (χ3v) is 5.04. The van der Waals surface area contributed by atoms with Gasteiger partial charge in [-0.15, -0.1) is 0 Å². The van der Waals surface area contributed by atoms with Gasteiger partial charge in [-0.1, -0.05) is 0 Å². The Morgan fingerprint density at radius 3 is 1.20 bits per heavy atom. The van der Waals surface area contributed by atoms with Crippen LogP contribution in [0.5, 0.6) is 0 Å². The maximum absolute atomic E-state index is 10.4. The molecule has 0 aliphatic carbocycles. The van der Waals surface area contributed by atoms with E-state index in [0.29, 0.717) is 0 Å². The Balaban J connectivity index is 0. The first-order valence-electron chi connectivity index (χ1n) is 1.21. The van der Waals surface area contributed by atoms with Crippen LogP contribution in [-0.4, -0.2) is 18.9 Å². The third kappa shape index (κ3) is 5.45. The average molecular weight is 269 g/mol. The van der Waals surface area contributed by atoms with Crippen molar-refractivity contribution >= 4 is 62.8 Å². The van der Waals surface area contributed by atoms with Crippen molar-refractivity contribution in [2.75, 3.05) is 0 Å². The summed E-state index contributed by atoms with van der Waals surface area (Å²) in [5, 5.41) is 0. The summed E-state index contributed by atoms with van der Waals surface area (Å²) in [5.41, 5.74) is 0. The topological polar surface area (TPSA) is 52.6 Å². The molecule has 0 aromatic carbocycles. The molecule has 0 unspecified atom stereocenters. The molecule has 0 N–H and O–H groups in total. The van der Waals surface area contributed by atoms with E-state index in [4.69, 9.17) is 0 Å². The molecule has 0 aliphatic rings. The van der Waals surface area contributed by atoms with Crippen LogP contribution in [0.4, 0.5) is 0 Å². The van der Waals surface area contributed by atoms with Gasteiger partial charge in [0.2, 0.25) is 0 Å². The van der Waals surface area contributed by atoms with Crippen LogP contribution < -0.4 is 0 Å². The van der Waals surface area contributed by atoms with Crippen LogP contribution in [-0.2, 0) is 23.8 Å². The fourth-order valence-corrected chi connectivity index (χ4v) is 0.334. The van der Waals surface area contributed by atoms with Crippen molar-refractivity contribution in [1.29, 1.82) is 0 Å². The van der Waals surface area contributed by atoms with Gasteiger partial charge in [-0.05, 0) is 0 Å². The van der Waals surface area contributed by atoms with Crippen LogP contribution >= 0.6 is 43.9 Å². The minimum atomic E-state index is -6.97. The zero-order valence-corrected chi connectivity index (χ0v) is 7.73. The molecule has 0 amide bonds. The quantitative estimate of drug-likeness (QED) is 0.716. The Hall–Kier alpha value is 1.80. The van der Waals surface area contributed by atoms with E-state index < -0.39 is 9.43 Å². The van der Waals surface area contributed by atoms with Gasteiger partial charge >= 0.3 is 86.6 Å². The molecule has 0 aromatic rings. The Morgan fingerprint density at radius 2 is 1.20 bits per heavy atom. The van der Waals surface area contributed by atoms with Crippen molar-refractivity contribution in [2.45, 2.75) is 0 Å². The van der Waals surface area contributed by atoms with E-state index in [1.165, 1.54) is 0 Å². The van der Waals surface area contributed by atoms with Gasteiger partial charge in [-0.3, -0.25) is 0 Å². The van der Waals surface area contributed by atoms with Crippen molar-refractivity contribution in [3.63, 3.8) is 0 Å². The molecule has 0 fully saturated rings. The Kier molecular flexibility index (Phi) is 4.20. The molecule has 61 valence electrons. The molecule has 10 heteroatoms. The SMILES string of the molecule is [LiH].[O]=[Mn](=[O])([Cl])([Cl])([O]Cl)[O]Cl. The van der Waals surface area contributed by atoms with Gasteiger partial charge in [0, 0.05) is 0 Å². The number of hydrogen-bond acceptors (Lipinski definition) is 4. The van der Waals surface area contributed by atoms with E-state index in [-0.39, 0.29) is 18.9 Å². The summed E-state index contributed by atoms with van der Waals surface area (Å²) in [4.78, 5) is 0. The zero-order valence-electron chi connectivity index (χ0n) is 3.52. The number of halogens is 4. The summed E-state index contributed by atoms with van der Waals surface area (Å²) < 4.78 is 27.1. The van der Waals surface area contributed by atoms with E-state index in [0.717, 1.165) is 0 Å². The molecule has 4 nitrogen and oxygen atoms in total. The summed E-state index contributed by atoms with van der Waals surface area (Å²) >= 11 is 8.69. The summed E-state index contributed by atoms with van der Waals surface area (Å²) in [6.45, 7) is 0. The second kappa shape index (κ2) is 2.93. The molecule has 0 rings (SSSR count). The molecular weight excluding hydrogens is 268 g/mol. The van der Waals surface area contributed by atoms with Crippen molar-refractivity contribution < 1.29 is 23.8 Å². The summed E-state index contributed by atoms with van der Waals surface area (Å²) in [7, 11) is 2.06. The molecule has 0 aliphatic heterocycles. The molecule has 0 saturated carbocycles. The van der Waals surface area contributed by atoms with Crippen molar-refractivity contribution in [3.8, 4) is 0 Å². The van der Waals surface area contributed by atoms with Gasteiger partial charge in [-0.25, -0.2) is 0 Å². The van der Waals surface area contributed by atoms with Gasteiger partial charge in [0.15, 0.2) is 0 Å². The van der Waals surface area contributed by atoms with Crippen LogP contribution in [0.3, 0.4) is 0 Å². The predicted octanol–water partition coefficient (Wildman–Crippen LogP) is 1.73. The monoisotopic (exact) mass is 267 g/mol. The molecule has 0 bridgehead atoms. The first-order valence-corrected chi connectivity index (χ1v) is 7.00. The van der Waals surface area contributed by atoms with Crippen molar-refractivity contribution in [1.82, 2.24) is 0 Å². The molecule has 10 heavy (non-hydrogen) atoms. The number of rotatable bonds is 2. The maximum atomic E-state index is 10.4. The van der Waals surface area contributed by atoms with Crippen molar-refractivity contribution in [2.24, 2.45) is 0 Å². The molecule has 0 saturated heterocycles. The molecule has 0 aromatic heterocycles. The molecular formula is HCl4LiMnO4. The van der Waals surface area contributed by atoms with E-state index in [1.807, 2.05) is 0 Å². The standard InChI is InChI=1S/2ClO.2ClH.Li.Mn.2O.H/c2*1-2;;;;;;;/h;;2*1H;;;;;/q2*-1;;;;+4;;;/p-2. The predicted molar refractivity (Wildman–Crippen MR) is 34.1 cm³/mol. The summed E-state index contributed by atoms with van der Waals surface area (Å²) in [6, 6.07) is 0. The van der Waals surface area contributed by atoms with Crippen LogP contribution in [0.2, 0.25) is 0 Å². The van der Waals surface area contributed by atoms with E-state index >= 15 is 0 Å². The van der Waals surface area contributed by atoms with E-state index in [9.17, 15) is 7.67 Å². The molecule has 0 atom stereocenters. The number of hydrogen-bond donors (Lipinski definition) is 0. The van der Waals surface area contributed by atoms with Crippen LogP contribution in [0.15, 0.2) is 0 Å². The van der Waals surface area contributed by atoms with Crippen molar-refractivity contribution in [3.05, 3.63) is 0 Å². The molecule has 0 heterocycles. The normalized spacial score (nSPS) is 18.4. The molecule has 0 spiro atoms. The van der Waals surface area contributed by atoms with E-state index in [2.05, 4.69) is 50.7 Å². The Bertz CT molecular complexity index is 244. The van der Waals surface area contributed by atoms with E-state index in [1.54, 1.807) is 0 Å². The molecule has 0 radical (unpaired) electrons. The van der Waals surface area contributed by atoms with Crippen LogP contribution in [0, 0.1) is 0 Å². The second-order valence-corrected chi connectivity index (χ2v) is 10.8. The summed E-state index contributed by atoms with van der Waals surface area (Å²) in [6.07, 6.45) is 0. The average Bonchev–Trinajstić information content (AvgIpc) is 1.67. The van der Waals surface area contributed by atoms with Gasteiger partial charge in [0.05, 0.1) is 0 Å².